The van der Waals surface area contributed by atoms with Gasteiger partial charge in [-0.3, -0.25) is 19.7 Å². The lowest BCUT2D eigenvalue weighted by Crippen LogP contribution is -2.42. The number of hydrogen-bond acceptors (Lipinski definition) is 5. The maximum absolute atomic E-state index is 13.4. The van der Waals surface area contributed by atoms with Crippen LogP contribution in [0.1, 0.15) is 44.6 Å². The van der Waals surface area contributed by atoms with E-state index in [1.54, 1.807) is 49.7 Å². The quantitative estimate of drug-likeness (QED) is 0.740. The summed E-state index contributed by atoms with van der Waals surface area (Å²) in [4.78, 5) is 32.4. The highest BCUT2D eigenvalue weighted by atomic mass is 35.5. The SMILES string of the molecule is CN=C1/C(=C(\C)Cl)C(C(=O)NCC2(c3cccnc3)CCCCC2)=CN1c1ncccn1. The number of rotatable bonds is 5. The molecule has 2 aliphatic rings. The Morgan fingerprint density at radius 2 is 1.94 bits per heavy atom. The Hall–Kier alpha value is -3.06. The summed E-state index contributed by atoms with van der Waals surface area (Å²) in [5, 5.41) is 3.68. The van der Waals surface area contributed by atoms with Crippen LogP contribution in [-0.2, 0) is 10.2 Å². The summed E-state index contributed by atoms with van der Waals surface area (Å²) in [7, 11) is 1.67. The maximum atomic E-state index is 13.4. The predicted molar refractivity (Wildman–Crippen MR) is 127 cm³/mol. The van der Waals surface area contributed by atoms with Gasteiger partial charge in [-0.15, -0.1) is 0 Å². The minimum atomic E-state index is -0.187. The highest BCUT2D eigenvalue weighted by Gasteiger charge is 2.37. The molecule has 1 N–H and O–H groups in total. The normalized spacial score (nSPS) is 20.8. The average Bonchev–Trinajstić information content (AvgIpc) is 3.24. The minimum Gasteiger partial charge on any atom is -0.351 e. The summed E-state index contributed by atoms with van der Waals surface area (Å²) < 4.78 is 0. The average molecular weight is 451 g/mol. The second kappa shape index (κ2) is 9.61. The minimum absolute atomic E-state index is 0.106. The predicted octanol–water partition coefficient (Wildman–Crippen LogP) is 4.13. The number of allylic oxidation sites excluding steroid dienone is 1. The lowest BCUT2D eigenvalue weighted by atomic mass is 9.70. The van der Waals surface area contributed by atoms with Crippen molar-refractivity contribution in [2.24, 2.45) is 4.99 Å². The fourth-order valence-corrected chi connectivity index (χ4v) is 4.80. The number of amides is 1. The van der Waals surface area contributed by atoms with E-state index in [9.17, 15) is 4.79 Å². The van der Waals surface area contributed by atoms with Crippen molar-refractivity contribution in [3.63, 3.8) is 0 Å². The van der Waals surface area contributed by atoms with Crippen LogP contribution in [0.5, 0.6) is 0 Å². The summed E-state index contributed by atoms with van der Waals surface area (Å²) in [6.45, 7) is 2.31. The number of halogens is 1. The van der Waals surface area contributed by atoms with E-state index >= 15 is 0 Å². The van der Waals surface area contributed by atoms with Crippen molar-refractivity contribution in [1.82, 2.24) is 20.3 Å². The number of aliphatic imine (C=N–C) groups is 1. The fraction of sp³-hybridized carbons (Fsp3) is 0.375. The Labute approximate surface area is 193 Å². The number of carbonyl (C=O) groups is 1. The van der Waals surface area contributed by atoms with Crippen molar-refractivity contribution in [2.75, 3.05) is 18.5 Å². The van der Waals surface area contributed by atoms with Gasteiger partial charge in [0, 0.05) is 60.6 Å². The zero-order chi connectivity index (χ0) is 22.6. The van der Waals surface area contributed by atoms with E-state index in [2.05, 4.69) is 31.3 Å². The molecule has 2 aromatic heterocycles. The van der Waals surface area contributed by atoms with E-state index in [1.807, 2.05) is 12.3 Å². The number of amidine groups is 1. The lowest BCUT2D eigenvalue weighted by molar-refractivity contribution is -0.117. The molecule has 32 heavy (non-hydrogen) atoms. The molecule has 0 saturated heterocycles. The summed E-state index contributed by atoms with van der Waals surface area (Å²) in [5.74, 6) is 0.798. The Morgan fingerprint density at radius 3 is 2.56 bits per heavy atom. The third-order valence-corrected chi connectivity index (χ3v) is 6.41. The van der Waals surface area contributed by atoms with E-state index in [-0.39, 0.29) is 11.3 Å². The van der Waals surface area contributed by atoms with Crippen LogP contribution >= 0.6 is 11.6 Å². The molecule has 1 saturated carbocycles. The topological polar surface area (TPSA) is 83.4 Å². The van der Waals surface area contributed by atoms with Gasteiger partial charge in [-0.05, 0) is 37.5 Å². The first-order chi connectivity index (χ1) is 15.6. The monoisotopic (exact) mass is 450 g/mol. The van der Waals surface area contributed by atoms with E-state index < -0.39 is 0 Å². The maximum Gasteiger partial charge on any atom is 0.253 e. The van der Waals surface area contributed by atoms with Gasteiger partial charge in [-0.2, -0.15) is 0 Å². The molecule has 166 valence electrons. The van der Waals surface area contributed by atoms with Crippen LogP contribution < -0.4 is 10.2 Å². The molecule has 4 rings (SSSR count). The molecule has 0 atom stereocenters. The highest BCUT2D eigenvalue weighted by Crippen LogP contribution is 2.39. The molecule has 1 fully saturated rings. The summed E-state index contributed by atoms with van der Waals surface area (Å²) in [6.07, 6.45) is 14.3. The zero-order valence-electron chi connectivity index (χ0n) is 18.4. The van der Waals surface area contributed by atoms with E-state index in [4.69, 9.17) is 11.6 Å². The molecular weight excluding hydrogens is 424 g/mol. The standard InChI is InChI=1S/C24H27ClN6O/c1-17(25)20-19(15-31(21(20)26-2)23-28-12-7-13-29-23)22(32)30-16-24(9-4-3-5-10-24)18-8-6-11-27-14-18/h6-8,11-15H,3-5,9-10,16H2,1-2H3,(H,30,32)/b20-17+,26-21?. The smallest absolute Gasteiger partial charge is 0.253 e. The highest BCUT2D eigenvalue weighted by molar-refractivity contribution is 6.36. The summed E-state index contributed by atoms with van der Waals surface area (Å²) in [5.41, 5.74) is 2.13. The third kappa shape index (κ3) is 4.30. The largest absolute Gasteiger partial charge is 0.351 e. The Morgan fingerprint density at radius 1 is 1.19 bits per heavy atom. The van der Waals surface area contributed by atoms with Crippen LogP contribution in [0.25, 0.3) is 0 Å². The Kier molecular flexibility index (Phi) is 6.65. The molecular formula is C24H27ClN6O. The number of nitrogens with one attached hydrogen (secondary N) is 1. The first-order valence-corrected chi connectivity index (χ1v) is 11.2. The first kappa shape index (κ1) is 22.1. The molecule has 0 spiro atoms. The van der Waals surface area contributed by atoms with Crippen LogP contribution in [-0.4, -0.2) is 40.3 Å². The molecule has 3 heterocycles. The number of hydrogen-bond donors (Lipinski definition) is 1. The van der Waals surface area contributed by atoms with E-state index in [0.717, 1.165) is 25.7 Å². The molecule has 1 amide bonds. The van der Waals surface area contributed by atoms with Crippen LogP contribution in [0.3, 0.4) is 0 Å². The van der Waals surface area contributed by atoms with Gasteiger partial charge in [0.05, 0.1) is 5.57 Å². The number of carbonyl (C=O) groups excluding carboxylic acids is 1. The molecule has 0 aromatic carbocycles. The second-order valence-corrected chi connectivity index (χ2v) is 8.75. The van der Waals surface area contributed by atoms with Gasteiger partial charge in [0.2, 0.25) is 5.95 Å². The van der Waals surface area contributed by atoms with Gasteiger partial charge >= 0.3 is 0 Å². The molecule has 1 aliphatic heterocycles. The molecule has 0 unspecified atom stereocenters. The number of nitrogens with zero attached hydrogens (tertiary/aromatic N) is 5. The van der Waals surface area contributed by atoms with E-state index in [1.165, 1.54) is 12.0 Å². The fourth-order valence-electron chi connectivity index (χ4n) is 4.61. The lowest BCUT2D eigenvalue weighted by Gasteiger charge is -2.37. The van der Waals surface area contributed by atoms with Crippen LogP contribution in [0.4, 0.5) is 5.95 Å². The van der Waals surface area contributed by atoms with Crippen molar-refractivity contribution in [3.8, 4) is 0 Å². The summed E-state index contributed by atoms with van der Waals surface area (Å²) in [6, 6.07) is 5.82. The van der Waals surface area contributed by atoms with E-state index in [0.29, 0.717) is 34.5 Å². The van der Waals surface area contributed by atoms with Crippen LogP contribution in [0.2, 0.25) is 0 Å². The number of pyridine rings is 1. The van der Waals surface area contributed by atoms with Gasteiger partial charge in [0.1, 0.15) is 5.84 Å². The molecule has 0 bridgehead atoms. The Bertz CT molecular complexity index is 1050. The van der Waals surface area contributed by atoms with Crippen LogP contribution in [0.15, 0.2) is 70.4 Å². The van der Waals surface area contributed by atoms with Crippen molar-refractivity contribution < 1.29 is 4.79 Å². The first-order valence-electron chi connectivity index (χ1n) is 10.9. The molecule has 8 heteroatoms. The van der Waals surface area contributed by atoms with Crippen molar-refractivity contribution in [2.45, 2.75) is 44.4 Å². The Balaban J connectivity index is 1.62. The summed E-state index contributed by atoms with van der Waals surface area (Å²) >= 11 is 6.42. The molecule has 0 radical (unpaired) electrons. The van der Waals surface area contributed by atoms with Gasteiger partial charge in [-0.25, -0.2) is 9.97 Å². The van der Waals surface area contributed by atoms with Gasteiger partial charge < -0.3 is 5.32 Å². The molecule has 2 aromatic rings. The van der Waals surface area contributed by atoms with Gasteiger partial charge in [0.25, 0.3) is 5.91 Å². The van der Waals surface area contributed by atoms with Gasteiger partial charge in [-0.1, -0.05) is 36.9 Å². The molecule has 1 aliphatic carbocycles. The molecule has 7 nitrogen and oxygen atoms in total. The van der Waals surface area contributed by atoms with Gasteiger partial charge in [0.15, 0.2) is 0 Å². The number of aromatic nitrogens is 3. The number of anilines is 1. The van der Waals surface area contributed by atoms with Crippen molar-refractivity contribution in [3.05, 3.63) is 70.9 Å². The second-order valence-electron chi connectivity index (χ2n) is 8.18. The van der Waals surface area contributed by atoms with Crippen molar-refractivity contribution in [1.29, 1.82) is 0 Å². The third-order valence-electron chi connectivity index (χ3n) is 6.22. The van der Waals surface area contributed by atoms with Crippen molar-refractivity contribution >= 4 is 29.3 Å². The zero-order valence-corrected chi connectivity index (χ0v) is 19.1. The van der Waals surface area contributed by atoms with Crippen LogP contribution in [0, 0.1) is 0 Å².